The fourth-order valence-corrected chi connectivity index (χ4v) is 2.01. The van der Waals surface area contributed by atoms with Crippen molar-refractivity contribution in [2.24, 2.45) is 4.36 Å². The summed E-state index contributed by atoms with van der Waals surface area (Å²) < 4.78 is 74.6. The van der Waals surface area contributed by atoms with Gasteiger partial charge in [-0.25, -0.2) is 8.42 Å². The second-order valence-electron chi connectivity index (χ2n) is 10.3. The van der Waals surface area contributed by atoms with E-state index >= 15 is 0 Å². The molecule has 252 valence electrons. The van der Waals surface area contributed by atoms with Crippen molar-refractivity contribution in [2.45, 2.75) is 80.6 Å². The van der Waals surface area contributed by atoms with Gasteiger partial charge in [-0.05, 0) is 67.9 Å². The molecular formula is C25H42F3N7O4S5. The summed E-state index contributed by atoms with van der Waals surface area (Å²) in [7, 11) is -7.30. The van der Waals surface area contributed by atoms with Crippen LogP contribution >= 0.6 is 23.5 Å². The van der Waals surface area contributed by atoms with Crippen LogP contribution in [0, 0.1) is 61.4 Å². The van der Waals surface area contributed by atoms with Crippen molar-refractivity contribution in [1.29, 1.82) is 31.1 Å². The highest BCUT2D eigenvalue weighted by Gasteiger charge is 2.41. The van der Waals surface area contributed by atoms with Crippen LogP contribution in [0.1, 0.15) is 55.4 Å². The maximum Gasteiger partial charge on any atom is 0.474 e. The van der Waals surface area contributed by atoms with Crippen LogP contribution in [0.2, 0.25) is 0 Å². The Kier molecular flexibility index (Phi) is 24.9. The molecule has 3 unspecified atom stereocenters. The summed E-state index contributed by atoms with van der Waals surface area (Å²) in [6.45, 7) is 12.4. The normalized spacial score (nSPS) is 14.3. The van der Waals surface area contributed by atoms with E-state index in [4.69, 9.17) is 31.1 Å². The molecular weight excluding hydrogens is 680 g/mol. The second kappa shape index (κ2) is 21.4. The van der Waals surface area contributed by atoms with E-state index in [1.807, 2.05) is 44.6 Å². The van der Waals surface area contributed by atoms with E-state index in [1.165, 1.54) is 26.4 Å². The standard InChI is InChI=1S/C7H9F3N2O2S.C5H10N2OS.C5H9NOS.C5H9NS.C3H5NS/c1-6(2,4-11)15(3,14)12-5(13)7(8,9)10;1-5(2,4-6)9(3,7)8;1-5(2,4-6)8(3)7;1-5(2,4-6)7-3;1-5-3-2-4/h1-3H3;7H,1-3H3;1-3H3;1-3H3;3H2,1H3. The van der Waals surface area contributed by atoms with Crippen molar-refractivity contribution in [1.82, 2.24) is 0 Å². The van der Waals surface area contributed by atoms with Crippen molar-refractivity contribution in [2.75, 3.05) is 37.0 Å². The van der Waals surface area contributed by atoms with Crippen molar-refractivity contribution >= 4 is 59.7 Å². The Morgan fingerprint density at radius 2 is 1.23 bits per heavy atom. The summed E-state index contributed by atoms with van der Waals surface area (Å²) >= 11 is 3.11. The number of rotatable bonds is 5. The van der Waals surface area contributed by atoms with E-state index in [1.54, 1.807) is 43.4 Å². The summed E-state index contributed by atoms with van der Waals surface area (Å²) in [6.07, 6.45) is 2.33. The number of carbonyl (C=O) groups excluding carboxylic acids is 1. The lowest BCUT2D eigenvalue weighted by atomic mass is 10.2. The van der Waals surface area contributed by atoms with E-state index < -0.39 is 56.6 Å². The van der Waals surface area contributed by atoms with E-state index in [9.17, 15) is 30.6 Å². The first-order valence-electron chi connectivity index (χ1n) is 11.7. The molecule has 1 N–H and O–H groups in total. The Balaban J connectivity index is -0.000000152. The van der Waals surface area contributed by atoms with Gasteiger partial charge in [0.2, 0.25) is 0 Å². The first kappa shape index (κ1) is 51.2. The Hall–Kier alpha value is -2.34. The van der Waals surface area contributed by atoms with Gasteiger partial charge in [-0.2, -0.15) is 55.6 Å². The maximum absolute atomic E-state index is 11.8. The van der Waals surface area contributed by atoms with Crippen molar-refractivity contribution in [3.05, 3.63) is 0 Å². The van der Waals surface area contributed by atoms with Crippen LogP contribution in [0.4, 0.5) is 13.2 Å². The van der Waals surface area contributed by atoms with Gasteiger partial charge >= 0.3 is 12.1 Å². The highest BCUT2D eigenvalue weighted by molar-refractivity contribution is 8.00. The van der Waals surface area contributed by atoms with Gasteiger partial charge in [-0.3, -0.25) is 13.8 Å². The number of thioether (sulfide) groups is 2. The molecule has 11 nitrogen and oxygen atoms in total. The third-order valence-corrected chi connectivity index (χ3v) is 12.5. The van der Waals surface area contributed by atoms with Crippen LogP contribution in [0.25, 0.3) is 0 Å². The molecule has 1 amide bonds. The molecule has 0 heterocycles. The summed E-state index contributed by atoms with van der Waals surface area (Å²) in [5, 5.41) is 41.4. The molecule has 0 aromatic rings. The molecule has 0 aliphatic rings. The van der Waals surface area contributed by atoms with Gasteiger partial charge in [0.25, 0.3) is 0 Å². The highest BCUT2D eigenvalue weighted by atomic mass is 32.2. The summed E-state index contributed by atoms with van der Waals surface area (Å²) in [5.41, 5.74) is 0. The van der Waals surface area contributed by atoms with Crippen LogP contribution in [0.3, 0.4) is 0 Å². The highest BCUT2D eigenvalue weighted by Crippen LogP contribution is 2.22. The summed E-state index contributed by atoms with van der Waals surface area (Å²) in [4.78, 5) is 10.5. The molecule has 0 bridgehead atoms. The Morgan fingerprint density at radius 3 is 1.32 bits per heavy atom. The molecule has 44 heavy (non-hydrogen) atoms. The summed E-state index contributed by atoms with van der Waals surface area (Å²) in [6, 6.07) is 9.44. The molecule has 0 saturated heterocycles. The zero-order valence-corrected chi connectivity index (χ0v) is 31.3. The smallest absolute Gasteiger partial charge is 0.261 e. The molecule has 19 heteroatoms. The predicted octanol–water partition coefficient (Wildman–Crippen LogP) is 5.63. The van der Waals surface area contributed by atoms with Gasteiger partial charge < -0.3 is 0 Å². The number of alkyl halides is 3. The molecule has 0 radical (unpaired) electrons. The number of nitrogens with one attached hydrogen (secondary N) is 1. The number of nitrogens with zero attached hydrogens (tertiary/aromatic N) is 6. The first-order valence-corrected chi connectivity index (χ1v) is 19.8. The zero-order chi connectivity index (χ0) is 37.0. The van der Waals surface area contributed by atoms with Gasteiger partial charge in [-0.15, -0.1) is 11.8 Å². The molecule has 0 aromatic heterocycles. The van der Waals surface area contributed by atoms with Crippen LogP contribution in [0.15, 0.2) is 4.36 Å². The zero-order valence-electron chi connectivity index (χ0n) is 27.2. The molecule has 0 rings (SSSR count). The van der Waals surface area contributed by atoms with Crippen molar-refractivity contribution in [3.63, 3.8) is 0 Å². The largest absolute Gasteiger partial charge is 0.474 e. The number of nitriles is 5. The molecule has 0 spiro atoms. The fourth-order valence-electron chi connectivity index (χ4n) is 0.670. The monoisotopic (exact) mass is 721 g/mol. The minimum atomic E-state index is -5.16. The molecule has 0 fully saturated rings. The van der Waals surface area contributed by atoms with Crippen molar-refractivity contribution in [3.8, 4) is 30.3 Å². The van der Waals surface area contributed by atoms with Gasteiger partial charge in [0.1, 0.15) is 14.2 Å². The third-order valence-electron chi connectivity index (χ3n) is 4.94. The minimum Gasteiger partial charge on any atom is -0.261 e. The average Bonchev–Trinajstić information content (AvgIpc) is 2.89. The van der Waals surface area contributed by atoms with Gasteiger partial charge in [-0.1, -0.05) is 0 Å². The number of amides is 1. The quantitative estimate of drug-likeness (QED) is 0.366. The topological polar surface area (TPSA) is 223 Å². The summed E-state index contributed by atoms with van der Waals surface area (Å²) in [5.74, 6) is -1.82. The third kappa shape index (κ3) is 24.0. The van der Waals surface area contributed by atoms with Crippen LogP contribution in [-0.2, 0) is 35.1 Å². The second-order valence-corrected chi connectivity index (χ2v) is 20.0. The van der Waals surface area contributed by atoms with Crippen LogP contribution < -0.4 is 0 Å². The lowest BCUT2D eigenvalue weighted by Gasteiger charge is -2.17. The minimum absolute atomic E-state index is 0.194. The van der Waals surface area contributed by atoms with Gasteiger partial charge in [0, 0.05) is 29.6 Å². The molecule has 0 aliphatic carbocycles. The van der Waals surface area contributed by atoms with Crippen LogP contribution in [0.5, 0.6) is 0 Å². The number of hydrogen-bond acceptors (Lipinski definition) is 12. The van der Waals surface area contributed by atoms with Gasteiger partial charge in [0.05, 0.1) is 60.3 Å². The number of carbonyl (C=O) groups is 1. The SMILES string of the molecule is CC(C)(C#N)S(C)(=N)=O.CC(C)(C#N)S(C)(=O)=NC(=O)C(F)(F)F.CS(=O)C(C)(C)C#N.CSC(C)(C)C#N.CSCC#N. The maximum atomic E-state index is 11.8. The first-order chi connectivity index (χ1) is 19.3. The Bertz CT molecular complexity index is 1400. The van der Waals surface area contributed by atoms with E-state index in [0.29, 0.717) is 5.75 Å². The van der Waals surface area contributed by atoms with E-state index in [0.717, 1.165) is 20.1 Å². The predicted molar refractivity (Wildman–Crippen MR) is 175 cm³/mol. The molecule has 0 saturated carbocycles. The average molecular weight is 722 g/mol. The lowest BCUT2D eigenvalue weighted by Crippen LogP contribution is -2.31. The van der Waals surface area contributed by atoms with Crippen LogP contribution in [-0.4, -0.2) is 80.7 Å². The molecule has 3 atom stereocenters. The Morgan fingerprint density at radius 1 is 0.841 bits per heavy atom. The number of halogens is 3. The van der Waals surface area contributed by atoms with Gasteiger partial charge in [0.15, 0.2) is 0 Å². The fraction of sp³-hybridized carbons (Fsp3) is 0.760. The Labute approximate surface area is 272 Å². The van der Waals surface area contributed by atoms with E-state index in [2.05, 4.69) is 10.4 Å². The lowest BCUT2D eigenvalue weighted by molar-refractivity contribution is -0.169. The molecule has 0 aromatic carbocycles. The molecule has 0 aliphatic heterocycles. The number of hydrogen-bond donors (Lipinski definition) is 1. The van der Waals surface area contributed by atoms with E-state index in [-0.39, 0.29) is 4.75 Å². The van der Waals surface area contributed by atoms with Crippen molar-refractivity contribution < 1.29 is 30.6 Å².